The Balaban J connectivity index is 1.28. The normalized spacial score (nSPS) is 19.4. The summed E-state index contributed by atoms with van der Waals surface area (Å²) in [5, 5.41) is 2.06. The van der Waals surface area contributed by atoms with E-state index in [0.717, 1.165) is 11.1 Å². The molecule has 54 heavy (non-hydrogen) atoms. The number of amides is 3. The van der Waals surface area contributed by atoms with Crippen LogP contribution in [-0.4, -0.2) is 69.8 Å². The van der Waals surface area contributed by atoms with Gasteiger partial charge in [-0.3, -0.25) is 14.5 Å². The minimum absolute atomic E-state index is 0.0187. The van der Waals surface area contributed by atoms with Gasteiger partial charge in [-0.1, -0.05) is 60.7 Å². The molecule has 13 heteroatoms. The van der Waals surface area contributed by atoms with Crippen LogP contribution in [0, 0.1) is 0 Å². The maximum Gasteiger partial charge on any atom is 0.514 e. The van der Waals surface area contributed by atoms with Crippen molar-refractivity contribution >= 4 is 47.5 Å². The summed E-state index contributed by atoms with van der Waals surface area (Å²) in [6.45, 7) is 10.8. The third-order valence-electron chi connectivity index (χ3n) is 8.51. The Bertz CT molecular complexity index is 1940. The fraction of sp³-hybridized carbons (Fsp3) is 0.341. The average molecular weight is 754 g/mol. The first-order chi connectivity index (χ1) is 25.6. The lowest BCUT2D eigenvalue weighted by Gasteiger charge is -2.49. The maximum atomic E-state index is 14.4. The van der Waals surface area contributed by atoms with E-state index in [1.807, 2.05) is 60.7 Å². The zero-order chi connectivity index (χ0) is 38.8. The van der Waals surface area contributed by atoms with Crippen LogP contribution >= 0.6 is 11.8 Å². The van der Waals surface area contributed by atoms with Gasteiger partial charge < -0.3 is 29.2 Å². The molecule has 0 aliphatic carbocycles. The van der Waals surface area contributed by atoms with Crippen molar-refractivity contribution in [2.75, 3.05) is 17.2 Å². The van der Waals surface area contributed by atoms with Gasteiger partial charge in [0.1, 0.15) is 34.1 Å². The summed E-state index contributed by atoms with van der Waals surface area (Å²) >= 11 is 1.37. The molecule has 0 aromatic heterocycles. The van der Waals surface area contributed by atoms with Crippen molar-refractivity contribution in [3.05, 3.63) is 119 Å². The Morgan fingerprint density at radius 2 is 1.43 bits per heavy atom. The van der Waals surface area contributed by atoms with E-state index in [0.29, 0.717) is 29.8 Å². The van der Waals surface area contributed by atoms with Crippen molar-refractivity contribution in [1.29, 1.82) is 0 Å². The Labute approximate surface area is 318 Å². The quantitative estimate of drug-likeness (QED) is 0.0836. The Hall–Kier alpha value is -5.56. The number of β-lactam (4-membered cyclic amide) rings is 1. The van der Waals surface area contributed by atoms with Crippen LogP contribution < -0.4 is 15.0 Å². The summed E-state index contributed by atoms with van der Waals surface area (Å²) in [7, 11) is 0. The minimum Gasteiger partial charge on any atom is -0.448 e. The number of nitrogens with one attached hydrogen (secondary N) is 1. The lowest BCUT2D eigenvalue weighted by atomic mass is 10.00. The Morgan fingerprint density at radius 1 is 0.833 bits per heavy atom. The second-order valence-corrected chi connectivity index (χ2v) is 16.1. The van der Waals surface area contributed by atoms with E-state index in [4.69, 9.17) is 18.9 Å². The van der Waals surface area contributed by atoms with Crippen molar-refractivity contribution in [3.63, 3.8) is 0 Å². The maximum absolute atomic E-state index is 14.4. The fourth-order valence-electron chi connectivity index (χ4n) is 6.19. The molecule has 2 atom stereocenters. The number of nitrogens with zero attached hydrogens (tertiary/aromatic N) is 2. The minimum atomic E-state index is -0.924. The first-order valence-corrected chi connectivity index (χ1v) is 18.6. The van der Waals surface area contributed by atoms with Gasteiger partial charge in [0.05, 0.1) is 0 Å². The third-order valence-corrected chi connectivity index (χ3v) is 9.81. The predicted molar refractivity (Wildman–Crippen MR) is 202 cm³/mol. The number of hydrogen-bond donors (Lipinski definition) is 1. The monoisotopic (exact) mass is 753 g/mol. The molecule has 12 nitrogen and oxygen atoms in total. The summed E-state index contributed by atoms with van der Waals surface area (Å²) < 4.78 is 22.1. The molecule has 0 bridgehead atoms. The molecule has 2 saturated heterocycles. The summed E-state index contributed by atoms with van der Waals surface area (Å²) in [4.78, 5) is 69.6. The molecular formula is C41H43N3O9S. The number of thioether (sulfide) groups is 1. The van der Waals surface area contributed by atoms with Gasteiger partial charge >= 0.3 is 18.2 Å². The van der Waals surface area contributed by atoms with Crippen LogP contribution in [0.25, 0.3) is 0 Å². The lowest BCUT2D eigenvalue weighted by molar-refractivity contribution is -0.153. The number of allylic oxidation sites excluding steroid dienone is 1. The van der Waals surface area contributed by atoms with Crippen LogP contribution in [0.2, 0.25) is 0 Å². The van der Waals surface area contributed by atoms with Crippen molar-refractivity contribution in [2.24, 2.45) is 0 Å². The highest BCUT2D eigenvalue weighted by Crippen LogP contribution is 2.43. The summed E-state index contributed by atoms with van der Waals surface area (Å²) in [6.07, 6.45) is -0.310. The molecular weight excluding hydrogens is 711 g/mol. The van der Waals surface area contributed by atoms with E-state index in [-0.39, 0.29) is 23.1 Å². The first kappa shape index (κ1) is 38.2. The number of rotatable bonds is 8. The van der Waals surface area contributed by atoms with E-state index in [2.05, 4.69) is 5.32 Å². The number of hydrogen-bond acceptors (Lipinski definition) is 10. The lowest BCUT2D eigenvalue weighted by Crippen LogP contribution is -2.70. The van der Waals surface area contributed by atoms with Crippen LogP contribution in [-0.2, 0) is 28.6 Å². The molecule has 3 aromatic carbocycles. The van der Waals surface area contributed by atoms with Crippen LogP contribution in [0.4, 0.5) is 15.3 Å². The molecule has 3 heterocycles. The van der Waals surface area contributed by atoms with E-state index < -0.39 is 52.8 Å². The molecule has 0 spiro atoms. The SMILES string of the molecule is CC(C)(C)OC(=O)N[C@@H]1C(=O)N2C(C(=O)OC(c3ccccc3)c3ccccc3)=C(/C=C3\CCN(c4ccc(OC(=O)OC(C)(C)C)cc4)C3=O)CS[C@H]12. The van der Waals surface area contributed by atoms with Gasteiger partial charge in [-0.05, 0) is 95.0 Å². The smallest absolute Gasteiger partial charge is 0.448 e. The molecule has 3 aliphatic heterocycles. The van der Waals surface area contributed by atoms with Gasteiger partial charge in [0.2, 0.25) is 0 Å². The van der Waals surface area contributed by atoms with Crippen molar-refractivity contribution in [2.45, 2.75) is 76.7 Å². The summed E-state index contributed by atoms with van der Waals surface area (Å²) in [5.74, 6) is -0.975. The molecule has 3 aliphatic rings. The highest BCUT2D eigenvalue weighted by Gasteiger charge is 2.55. The average Bonchev–Trinajstić information content (AvgIpc) is 3.47. The van der Waals surface area contributed by atoms with Gasteiger partial charge in [0, 0.05) is 23.6 Å². The molecule has 2 fully saturated rings. The van der Waals surface area contributed by atoms with E-state index in [1.165, 1.54) is 16.7 Å². The fourth-order valence-corrected chi connectivity index (χ4v) is 7.50. The van der Waals surface area contributed by atoms with E-state index in [9.17, 15) is 24.0 Å². The van der Waals surface area contributed by atoms with Gasteiger partial charge in [-0.2, -0.15) is 0 Å². The third kappa shape index (κ3) is 8.79. The molecule has 3 aromatic rings. The van der Waals surface area contributed by atoms with Gasteiger partial charge in [-0.25, -0.2) is 14.4 Å². The molecule has 282 valence electrons. The number of carbonyl (C=O) groups excluding carboxylic acids is 5. The van der Waals surface area contributed by atoms with Crippen LogP contribution in [0.15, 0.2) is 108 Å². The molecule has 0 radical (unpaired) electrons. The van der Waals surface area contributed by atoms with E-state index >= 15 is 0 Å². The zero-order valence-corrected chi connectivity index (χ0v) is 31.8. The number of ether oxygens (including phenoxy) is 4. The Morgan fingerprint density at radius 3 is 2.00 bits per heavy atom. The van der Waals surface area contributed by atoms with Crippen LogP contribution in [0.5, 0.6) is 5.75 Å². The van der Waals surface area contributed by atoms with Crippen molar-refractivity contribution in [1.82, 2.24) is 10.2 Å². The summed E-state index contributed by atoms with van der Waals surface area (Å²) in [6, 6.07) is 24.2. The highest BCUT2D eigenvalue weighted by molar-refractivity contribution is 8.00. The standard InChI is InChI=1S/C41H43N3O9S/c1-40(2,3)52-38(48)42-31-35(46)44-32(37(47)51-33(25-13-9-7-10-14-25)26-15-11-8-12-16-26)28(24-54-36(31)44)23-27-21-22-43(34(27)45)29-17-19-30(20-18-29)50-39(49)53-41(4,5)6/h7-20,23,31,33,36H,21-22,24H2,1-6H3,(H,42,48)/b27-23+/t31-,36-/m1/s1. The number of esters is 1. The van der Waals surface area contributed by atoms with Gasteiger partial charge in [-0.15, -0.1) is 11.8 Å². The zero-order valence-electron chi connectivity index (χ0n) is 31.0. The molecule has 1 N–H and O–H groups in total. The molecule has 6 rings (SSSR count). The molecule has 0 saturated carbocycles. The number of carbonyl (C=O) groups is 5. The largest absolute Gasteiger partial charge is 0.514 e. The van der Waals surface area contributed by atoms with Crippen LogP contribution in [0.3, 0.4) is 0 Å². The molecule has 0 unspecified atom stereocenters. The second kappa shape index (κ2) is 15.4. The predicted octanol–water partition coefficient (Wildman–Crippen LogP) is 7.06. The Kier molecular flexibility index (Phi) is 10.9. The van der Waals surface area contributed by atoms with Gasteiger partial charge in [0.15, 0.2) is 6.10 Å². The number of benzene rings is 3. The van der Waals surface area contributed by atoms with E-state index in [1.54, 1.807) is 76.8 Å². The second-order valence-electron chi connectivity index (χ2n) is 15.0. The number of alkyl carbamates (subject to hydrolysis) is 1. The van der Waals surface area contributed by atoms with Crippen molar-refractivity contribution < 1.29 is 42.9 Å². The van der Waals surface area contributed by atoms with Crippen molar-refractivity contribution in [3.8, 4) is 5.75 Å². The molecule has 3 amide bonds. The van der Waals surface area contributed by atoms with Gasteiger partial charge in [0.25, 0.3) is 11.8 Å². The number of anilines is 1. The topological polar surface area (TPSA) is 141 Å². The first-order valence-electron chi connectivity index (χ1n) is 17.6. The summed E-state index contributed by atoms with van der Waals surface area (Å²) in [5.41, 5.74) is 1.51. The highest BCUT2D eigenvalue weighted by atomic mass is 32.2. The van der Waals surface area contributed by atoms with Crippen LogP contribution in [0.1, 0.15) is 65.2 Å². The number of fused-ring (bicyclic) bond motifs is 1.